The number of hydrogen-bond acceptors (Lipinski definition) is 2. The molecule has 2 heteroatoms. The van der Waals surface area contributed by atoms with Crippen LogP contribution in [0.5, 0.6) is 0 Å². The standard InChI is InChI=1S/C11H22N2/c1-8-5-10(6-12)7-13(8)9(2)11-3-4-11/h8-11H,3-7,12H2,1-2H3. The number of hydrogen-bond donors (Lipinski definition) is 1. The largest absolute Gasteiger partial charge is 0.330 e. The number of nitrogens with two attached hydrogens (primary N) is 1. The second-order valence-electron chi connectivity index (χ2n) is 4.96. The molecule has 0 spiro atoms. The summed E-state index contributed by atoms with van der Waals surface area (Å²) >= 11 is 0. The third-order valence-electron chi connectivity index (χ3n) is 3.87. The molecule has 1 heterocycles. The van der Waals surface area contributed by atoms with Crippen LogP contribution in [0.4, 0.5) is 0 Å². The number of likely N-dealkylation sites (tertiary alicyclic amines) is 1. The van der Waals surface area contributed by atoms with Gasteiger partial charge in [0.15, 0.2) is 0 Å². The summed E-state index contributed by atoms with van der Waals surface area (Å²) < 4.78 is 0. The van der Waals surface area contributed by atoms with E-state index in [0.29, 0.717) is 0 Å². The van der Waals surface area contributed by atoms with Gasteiger partial charge in [-0.15, -0.1) is 0 Å². The Balaban J connectivity index is 1.91. The summed E-state index contributed by atoms with van der Waals surface area (Å²) in [7, 11) is 0. The molecule has 0 aromatic carbocycles. The molecule has 1 saturated carbocycles. The van der Waals surface area contributed by atoms with Crippen molar-refractivity contribution in [3.8, 4) is 0 Å². The summed E-state index contributed by atoms with van der Waals surface area (Å²) in [5.74, 6) is 1.76. The van der Waals surface area contributed by atoms with Gasteiger partial charge in [0.05, 0.1) is 0 Å². The van der Waals surface area contributed by atoms with Gasteiger partial charge in [-0.1, -0.05) is 0 Å². The lowest BCUT2D eigenvalue weighted by Crippen LogP contribution is -2.37. The molecule has 0 aromatic rings. The molecule has 0 amide bonds. The maximum Gasteiger partial charge on any atom is 0.00981 e. The van der Waals surface area contributed by atoms with E-state index in [4.69, 9.17) is 5.73 Å². The van der Waals surface area contributed by atoms with Crippen LogP contribution in [-0.4, -0.2) is 30.1 Å². The molecule has 0 radical (unpaired) electrons. The van der Waals surface area contributed by atoms with Gasteiger partial charge in [0.25, 0.3) is 0 Å². The highest BCUT2D eigenvalue weighted by Gasteiger charge is 2.38. The van der Waals surface area contributed by atoms with E-state index < -0.39 is 0 Å². The quantitative estimate of drug-likeness (QED) is 0.716. The highest BCUT2D eigenvalue weighted by atomic mass is 15.2. The number of rotatable bonds is 3. The first kappa shape index (κ1) is 9.47. The highest BCUT2D eigenvalue weighted by molar-refractivity contribution is 4.92. The maximum absolute atomic E-state index is 5.72. The lowest BCUT2D eigenvalue weighted by Gasteiger charge is -2.28. The monoisotopic (exact) mass is 182 g/mol. The summed E-state index contributed by atoms with van der Waals surface area (Å²) in [4.78, 5) is 2.68. The van der Waals surface area contributed by atoms with Crippen molar-refractivity contribution in [2.75, 3.05) is 13.1 Å². The van der Waals surface area contributed by atoms with Crippen molar-refractivity contribution in [3.63, 3.8) is 0 Å². The Bertz CT molecular complexity index is 177. The van der Waals surface area contributed by atoms with Crippen LogP contribution in [0, 0.1) is 11.8 Å². The molecule has 3 atom stereocenters. The van der Waals surface area contributed by atoms with E-state index >= 15 is 0 Å². The normalized spacial score (nSPS) is 38.1. The SMILES string of the molecule is CC1CC(CN)CN1C(C)C1CC1. The van der Waals surface area contributed by atoms with Gasteiger partial charge in [0.1, 0.15) is 0 Å². The van der Waals surface area contributed by atoms with Gasteiger partial charge in [0.2, 0.25) is 0 Å². The Hall–Kier alpha value is -0.0800. The highest BCUT2D eigenvalue weighted by Crippen LogP contribution is 2.38. The minimum absolute atomic E-state index is 0.760. The Labute approximate surface area is 81.5 Å². The summed E-state index contributed by atoms with van der Waals surface area (Å²) in [6.07, 6.45) is 4.23. The molecule has 1 aliphatic heterocycles. The Morgan fingerprint density at radius 2 is 2.15 bits per heavy atom. The Kier molecular flexibility index (Phi) is 2.61. The van der Waals surface area contributed by atoms with Crippen LogP contribution in [0.3, 0.4) is 0 Å². The average Bonchev–Trinajstić information content (AvgIpc) is 2.89. The van der Waals surface area contributed by atoms with Crippen LogP contribution >= 0.6 is 0 Å². The Morgan fingerprint density at radius 3 is 2.62 bits per heavy atom. The molecular weight excluding hydrogens is 160 g/mol. The summed E-state index contributed by atoms with van der Waals surface area (Å²) in [6, 6.07) is 1.58. The molecule has 76 valence electrons. The lowest BCUT2D eigenvalue weighted by atomic mass is 10.1. The van der Waals surface area contributed by atoms with Crippen LogP contribution in [0.1, 0.15) is 33.1 Å². The third-order valence-corrected chi connectivity index (χ3v) is 3.87. The maximum atomic E-state index is 5.72. The summed E-state index contributed by atoms with van der Waals surface area (Å²) in [5, 5.41) is 0. The molecule has 2 fully saturated rings. The first-order valence-corrected chi connectivity index (χ1v) is 5.68. The van der Waals surface area contributed by atoms with Crippen LogP contribution in [0.2, 0.25) is 0 Å². The van der Waals surface area contributed by atoms with Gasteiger partial charge in [-0.05, 0) is 51.5 Å². The first-order valence-electron chi connectivity index (χ1n) is 5.68. The molecular formula is C11H22N2. The molecule has 13 heavy (non-hydrogen) atoms. The molecule has 2 aliphatic rings. The lowest BCUT2D eigenvalue weighted by molar-refractivity contribution is 0.180. The Morgan fingerprint density at radius 1 is 1.46 bits per heavy atom. The van der Waals surface area contributed by atoms with E-state index in [-0.39, 0.29) is 0 Å². The molecule has 0 bridgehead atoms. The zero-order valence-electron chi connectivity index (χ0n) is 8.87. The minimum Gasteiger partial charge on any atom is -0.330 e. The van der Waals surface area contributed by atoms with E-state index in [9.17, 15) is 0 Å². The van der Waals surface area contributed by atoms with Crippen molar-refractivity contribution in [3.05, 3.63) is 0 Å². The van der Waals surface area contributed by atoms with Gasteiger partial charge >= 0.3 is 0 Å². The van der Waals surface area contributed by atoms with Crippen molar-refractivity contribution in [1.82, 2.24) is 4.90 Å². The zero-order valence-corrected chi connectivity index (χ0v) is 8.87. The van der Waals surface area contributed by atoms with Gasteiger partial charge in [-0.3, -0.25) is 4.90 Å². The minimum atomic E-state index is 0.760. The molecule has 2 rings (SSSR count). The molecule has 2 nitrogen and oxygen atoms in total. The fourth-order valence-corrected chi connectivity index (χ4v) is 2.76. The second-order valence-corrected chi connectivity index (χ2v) is 4.96. The third kappa shape index (κ3) is 1.89. The van der Waals surface area contributed by atoms with Crippen molar-refractivity contribution in [2.24, 2.45) is 17.6 Å². The van der Waals surface area contributed by atoms with Crippen molar-refractivity contribution >= 4 is 0 Å². The van der Waals surface area contributed by atoms with Crippen LogP contribution in [0.15, 0.2) is 0 Å². The fraction of sp³-hybridized carbons (Fsp3) is 1.00. The van der Waals surface area contributed by atoms with E-state index in [1.807, 2.05) is 0 Å². The van der Waals surface area contributed by atoms with Crippen LogP contribution < -0.4 is 5.73 Å². The number of nitrogens with zero attached hydrogens (tertiary/aromatic N) is 1. The first-order chi connectivity index (χ1) is 6.22. The van der Waals surface area contributed by atoms with Crippen LogP contribution in [-0.2, 0) is 0 Å². The molecule has 3 unspecified atom stereocenters. The van der Waals surface area contributed by atoms with E-state index in [1.165, 1.54) is 25.8 Å². The molecule has 0 aromatic heterocycles. The van der Waals surface area contributed by atoms with Gasteiger partial charge in [-0.25, -0.2) is 0 Å². The molecule has 1 saturated heterocycles. The summed E-state index contributed by atoms with van der Waals surface area (Å²) in [6.45, 7) is 6.87. The summed E-state index contributed by atoms with van der Waals surface area (Å²) in [5.41, 5.74) is 5.72. The van der Waals surface area contributed by atoms with Crippen molar-refractivity contribution in [1.29, 1.82) is 0 Å². The van der Waals surface area contributed by atoms with Gasteiger partial charge in [-0.2, -0.15) is 0 Å². The second kappa shape index (κ2) is 3.58. The predicted octanol–water partition coefficient (Wildman–Crippen LogP) is 1.45. The van der Waals surface area contributed by atoms with E-state index in [2.05, 4.69) is 18.7 Å². The predicted molar refractivity (Wildman–Crippen MR) is 55.5 cm³/mol. The topological polar surface area (TPSA) is 29.3 Å². The van der Waals surface area contributed by atoms with Crippen molar-refractivity contribution in [2.45, 2.75) is 45.2 Å². The van der Waals surface area contributed by atoms with Crippen LogP contribution in [0.25, 0.3) is 0 Å². The van der Waals surface area contributed by atoms with Gasteiger partial charge < -0.3 is 5.73 Å². The van der Waals surface area contributed by atoms with Crippen molar-refractivity contribution < 1.29 is 0 Å². The average molecular weight is 182 g/mol. The van der Waals surface area contributed by atoms with E-state index in [0.717, 1.165) is 30.5 Å². The molecule has 2 N–H and O–H groups in total. The zero-order chi connectivity index (χ0) is 9.42. The molecule has 1 aliphatic carbocycles. The van der Waals surface area contributed by atoms with E-state index in [1.54, 1.807) is 0 Å². The fourth-order valence-electron chi connectivity index (χ4n) is 2.76. The smallest absolute Gasteiger partial charge is 0.00981 e. The van der Waals surface area contributed by atoms with Gasteiger partial charge in [0, 0.05) is 18.6 Å².